The molecule has 2 fully saturated rings. The highest BCUT2D eigenvalue weighted by atomic mass is 15.3. The van der Waals surface area contributed by atoms with E-state index in [0.717, 1.165) is 6.04 Å². The first-order valence-electron chi connectivity index (χ1n) is 8.47. The lowest BCUT2D eigenvalue weighted by Crippen LogP contribution is -2.50. The number of nitrogens with zero attached hydrogens (tertiary/aromatic N) is 2. The maximum absolute atomic E-state index is 3.51. The van der Waals surface area contributed by atoms with Crippen LogP contribution in [0.4, 0.5) is 0 Å². The molecule has 2 atom stereocenters. The van der Waals surface area contributed by atoms with Crippen LogP contribution >= 0.6 is 0 Å². The number of hydrogen-bond donors (Lipinski definition) is 1. The number of benzene rings is 1. The van der Waals surface area contributed by atoms with Gasteiger partial charge in [0.2, 0.25) is 0 Å². The van der Waals surface area contributed by atoms with Crippen molar-refractivity contribution in [3.63, 3.8) is 0 Å². The minimum atomic E-state index is 0.479. The Hall–Kier alpha value is -0.900. The van der Waals surface area contributed by atoms with Gasteiger partial charge in [0.05, 0.1) is 0 Å². The summed E-state index contributed by atoms with van der Waals surface area (Å²) >= 11 is 0. The lowest BCUT2D eigenvalue weighted by atomic mass is 9.98. The number of nitrogens with one attached hydrogen (secondary N) is 1. The summed E-state index contributed by atoms with van der Waals surface area (Å²) in [5.74, 6) is 0. The van der Waals surface area contributed by atoms with E-state index in [4.69, 9.17) is 0 Å². The summed E-state index contributed by atoms with van der Waals surface area (Å²) in [7, 11) is 2.09. The van der Waals surface area contributed by atoms with Gasteiger partial charge in [-0.2, -0.15) is 0 Å². The van der Waals surface area contributed by atoms with Gasteiger partial charge in [0.25, 0.3) is 0 Å². The van der Waals surface area contributed by atoms with E-state index < -0.39 is 0 Å². The Morgan fingerprint density at radius 3 is 2.90 bits per heavy atom. The number of piperazine rings is 1. The van der Waals surface area contributed by atoms with E-state index in [0.29, 0.717) is 6.04 Å². The van der Waals surface area contributed by atoms with Crippen LogP contribution in [0.15, 0.2) is 24.3 Å². The SMILES string of the molecule is CNC(CCN1CCN2CCCC2C1)c1ccccc1C. The second-order valence-electron chi connectivity index (χ2n) is 6.62. The monoisotopic (exact) mass is 287 g/mol. The van der Waals surface area contributed by atoms with Gasteiger partial charge in [-0.1, -0.05) is 24.3 Å². The summed E-state index contributed by atoms with van der Waals surface area (Å²) in [6.45, 7) is 8.58. The summed E-state index contributed by atoms with van der Waals surface area (Å²) in [5.41, 5.74) is 2.86. The predicted octanol–water partition coefficient (Wildman–Crippen LogP) is 2.43. The molecule has 1 aromatic carbocycles. The fourth-order valence-corrected chi connectivity index (χ4v) is 4.00. The molecule has 0 saturated carbocycles. The largest absolute Gasteiger partial charge is 0.313 e. The Balaban J connectivity index is 1.55. The van der Waals surface area contributed by atoms with E-state index in [-0.39, 0.29) is 0 Å². The van der Waals surface area contributed by atoms with Gasteiger partial charge in [0.15, 0.2) is 0 Å². The Kier molecular flexibility index (Phi) is 4.94. The highest BCUT2D eigenvalue weighted by Crippen LogP contribution is 2.24. The number of aryl methyl sites for hydroxylation is 1. The molecule has 1 N–H and O–H groups in total. The Bertz CT molecular complexity index is 460. The molecule has 2 aliphatic heterocycles. The van der Waals surface area contributed by atoms with E-state index in [2.05, 4.69) is 53.4 Å². The van der Waals surface area contributed by atoms with Crippen molar-refractivity contribution >= 4 is 0 Å². The molecular weight excluding hydrogens is 258 g/mol. The van der Waals surface area contributed by atoms with Crippen LogP contribution in [-0.2, 0) is 0 Å². The molecule has 3 rings (SSSR count). The first kappa shape index (κ1) is 15.0. The average molecular weight is 287 g/mol. The van der Waals surface area contributed by atoms with Gasteiger partial charge >= 0.3 is 0 Å². The molecule has 3 heteroatoms. The number of rotatable bonds is 5. The van der Waals surface area contributed by atoms with Gasteiger partial charge in [-0.05, 0) is 50.9 Å². The average Bonchev–Trinajstić information content (AvgIpc) is 2.97. The lowest BCUT2D eigenvalue weighted by Gasteiger charge is -2.38. The van der Waals surface area contributed by atoms with Crippen molar-refractivity contribution in [2.24, 2.45) is 0 Å². The molecule has 1 aromatic rings. The zero-order valence-electron chi connectivity index (χ0n) is 13.5. The maximum atomic E-state index is 3.51. The molecule has 116 valence electrons. The molecule has 0 aromatic heterocycles. The van der Waals surface area contributed by atoms with Gasteiger partial charge < -0.3 is 10.2 Å². The maximum Gasteiger partial charge on any atom is 0.0332 e. The van der Waals surface area contributed by atoms with Gasteiger partial charge in [-0.3, -0.25) is 4.90 Å². The molecule has 3 nitrogen and oxygen atoms in total. The minimum Gasteiger partial charge on any atom is -0.313 e. The van der Waals surface area contributed by atoms with Crippen molar-refractivity contribution in [1.82, 2.24) is 15.1 Å². The van der Waals surface area contributed by atoms with Crippen molar-refractivity contribution in [1.29, 1.82) is 0 Å². The summed E-state index contributed by atoms with van der Waals surface area (Å²) in [6, 6.07) is 10.1. The third-order valence-electron chi connectivity index (χ3n) is 5.32. The first-order valence-corrected chi connectivity index (χ1v) is 8.47. The van der Waals surface area contributed by atoms with Crippen LogP contribution < -0.4 is 5.32 Å². The Morgan fingerprint density at radius 1 is 1.24 bits per heavy atom. The number of hydrogen-bond acceptors (Lipinski definition) is 3. The first-order chi connectivity index (χ1) is 10.3. The van der Waals surface area contributed by atoms with Crippen molar-refractivity contribution in [2.45, 2.75) is 38.3 Å². The fourth-order valence-electron chi connectivity index (χ4n) is 4.00. The van der Waals surface area contributed by atoms with Crippen molar-refractivity contribution in [3.05, 3.63) is 35.4 Å². The van der Waals surface area contributed by atoms with Crippen LogP contribution in [0.25, 0.3) is 0 Å². The van der Waals surface area contributed by atoms with E-state index in [1.54, 1.807) is 0 Å². The summed E-state index contributed by atoms with van der Waals surface area (Å²) < 4.78 is 0. The van der Waals surface area contributed by atoms with Crippen molar-refractivity contribution in [3.8, 4) is 0 Å². The van der Waals surface area contributed by atoms with Crippen LogP contribution in [0.2, 0.25) is 0 Å². The molecule has 2 aliphatic rings. The minimum absolute atomic E-state index is 0.479. The molecule has 21 heavy (non-hydrogen) atoms. The summed E-state index contributed by atoms with van der Waals surface area (Å²) in [6.07, 6.45) is 4.01. The Morgan fingerprint density at radius 2 is 2.10 bits per heavy atom. The van der Waals surface area contributed by atoms with Crippen molar-refractivity contribution in [2.75, 3.05) is 39.8 Å². The van der Waals surface area contributed by atoms with Crippen molar-refractivity contribution < 1.29 is 0 Å². The quantitative estimate of drug-likeness (QED) is 0.897. The highest BCUT2D eigenvalue weighted by Gasteiger charge is 2.30. The van der Waals surface area contributed by atoms with Crippen LogP contribution in [0, 0.1) is 6.92 Å². The van der Waals surface area contributed by atoms with E-state index in [1.807, 2.05) is 0 Å². The summed E-state index contributed by atoms with van der Waals surface area (Å²) in [4.78, 5) is 5.36. The molecule has 0 radical (unpaired) electrons. The molecule has 2 unspecified atom stereocenters. The topological polar surface area (TPSA) is 18.5 Å². The standard InChI is InChI=1S/C18H29N3/c1-15-6-3-4-8-17(15)18(19-2)9-11-20-12-13-21-10-5-7-16(21)14-20/h3-4,6,8,16,18-19H,5,7,9-14H2,1-2H3. The van der Waals surface area contributed by atoms with Crippen LogP contribution in [0.5, 0.6) is 0 Å². The lowest BCUT2D eigenvalue weighted by molar-refractivity contribution is 0.101. The number of fused-ring (bicyclic) bond motifs is 1. The van der Waals surface area contributed by atoms with Crippen LogP contribution in [-0.4, -0.2) is 55.6 Å². The van der Waals surface area contributed by atoms with E-state index in [1.165, 1.54) is 63.1 Å². The fraction of sp³-hybridized carbons (Fsp3) is 0.667. The normalized spacial score (nSPS) is 25.0. The van der Waals surface area contributed by atoms with Crippen LogP contribution in [0.1, 0.15) is 36.4 Å². The second-order valence-corrected chi connectivity index (χ2v) is 6.62. The molecule has 0 amide bonds. The van der Waals surface area contributed by atoms with E-state index in [9.17, 15) is 0 Å². The third kappa shape index (κ3) is 3.47. The zero-order valence-corrected chi connectivity index (χ0v) is 13.5. The van der Waals surface area contributed by atoms with E-state index >= 15 is 0 Å². The van der Waals surface area contributed by atoms with Gasteiger partial charge in [-0.15, -0.1) is 0 Å². The van der Waals surface area contributed by atoms with Gasteiger partial charge in [0.1, 0.15) is 0 Å². The second kappa shape index (κ2) is 6.91. The highest BCUT2D eigenvalue weighted by molar-refractivity contribution is 5.28. The zero-order chi connectivity index (χ0) is 14.7. The predicted molar refractivity (Wildman–Crippen MR) is 88.6 cm³/mol. The molecular formula is C18H29N3. The van der Waals surface area contributed by atoms with Gasteiger partial charge in [-0.25, -0.2) is 0 Å². The molecule has 0 bridgehead atoms. The third-order valence-corrected chi connectivity index (χ3v) is 5.32. The van der Waals surface area contributed by atoms with Gasteiger partial charge in [0, 0.05) is 38.3 Å². The smallest absolute Gasteiger partial charge is 0.0332 e. The summed E-state index contributed by atoms with van der Waals surface area (Å²) in [5, 5.41) is 3.51. The molecule has 2 heterocycles. The van der Waals surface area contributed by atoms with Crippen LogP contribution in [0.3, 0.4) is 0 Å². The Labute approximate surface area is 129 Å². The molecule has 0 aliphatic carbocycles. The molecule has 0 spiro atoms. The molecule has 2 saturated heterocycles.